The van der Waals surface area contributed by atoms with E-state index in [1.807, 2.05) is 0 Å². The van der Waals surface area contributed by atoms with Gasteiger partial charge < -0.3 is 8.85 Å². The van der Waals surface area contributed by atoms with Gasteiger partial charge in [-0.3, -0.25) is 0 Å². The summed E-state index contributed by atoms with van der Waals surface area (Å²) in [6.45, 7) is 6.68. The highest BCUT2D eigenvalue weighted by Crippen LogP contribution is 2.18. The summed E-state index contributed by atoms with van der Waals surface area (Å²) in [6, 6.07) is 1.15. The molecule has 0 heterocycles. The molecule has 0 saturated carbocycles. The van der Waals surface area contributed by atoms with Gasteiger partial charge in [-0.05, 0) is 25.1 Å². The molecule has 5 heteroatoms. The standard InChI is InChI=1S/C8H21ClO2Si2/c1-8(5-9)6-13(3,4)11-7-12-10-2/h8H,5-7,12H2,1-4H3. The van der Waals surface area contributed by atoms with E-state index in [4.69, 9.17) is 20.5 Å². The molecule has 0 aliphatic heterocycles. The first kappa shape index (κ1) is 13.6. The molecule has 0 radical (unpaired) electrons. The predicted molar refractivity (Wildman–Crippen MR) is 63.7 cm³/mol. The van der Waals surface area contributed by atoms with Crippen LogP contribution in [0, 0.1) is 5.92 Å². The fourth-order valence-electron chi connectivity index (χ4n) is 1.35. The van der Waals surface area contributed by atoms with Gasteiger partial charge in [0.25, 0.3) is 0 Å². The lowest BCUT2D eigenvalue weighted by molar-refractivity contribution is 0.334. The normalized spacial score (nSPS) is 15.5. The Labute approximate surface area is 90.0 Å². The van der Waals surface area contributed by atoms with Crippen molar-refractivity contribution in [2.45, 2.75) is 26.1 Å². The molecule has 0 rings (SSSR count). The van der Waals surface area contributed by atoms with Crippen LogP contribution in [0.4, 0.5) is 0 Å². The molecule has 1 atom stereocenters. The lowest BCUT2D eigenvalue weighted by atomic mass is 10.3. The van der Waals surface area contributed by atoms with Gasteiger partial charge in [-0.15, -0.1) is 11.6 Å². The number of alkyl halides is 1. The van der Waals surface area contributed by atoms with Gasteiger partial charge in [-0.2, -0.15) is 0 Å². The third-order valence-electron chi connectivity index (χ3n) is 1.88. The fraction of sp³-hybridized carbons (Fsp3) is 1.00. The minimum atomic E-state index is -1.45. The number of hydrogen-bond donors (Lipinski definition) is 0. The van der Waals surface area contributed by atoms with Gasteiger partial charge in [0.05, 0.1) is 0 Å². The molecule has 1 unspecified atom stereocenters. The first-order valence-corrected chi connectivity index (χ1v) is 9.93. The zero-order valence-electron chi connectivity index (χ0n) is 9.10. The van der Waals surface area contributed by atoms with Crippen LogP contribution in [0.15, 0.2) is 0 Å². The lowest BCUT2D eigenvalue weighted by Crippen LogP contribution is -2.34. The Morgan fingerprint density at radius 3 is 2.54 bits per heavy atom. The molecule has 0 spiro atoms. The van der Waals surface area contributed by atoms with Gasteiger partial charge in [0.1, 0.15) is 0 Å². The van der Waals surface area contributed by atoms with Crippen LogP contribution >= 0.6 is 11.6 Å². The van der Waals surface area contributed by atoms with E-state index in [0.717, 1.165) is 18.2 Å². The molecule has 0 aliphatic rings. The van der Waals surface area contributed by atoms with Crippen molar-refractivity contribution in [1.82, 2.24) is 0 Å². The van der Waals surface area contributed by atoms with E-state index >= 15 is 0 Å². The molecule has 0 amide bonds. The average molecular weight is 241 g/mol. The fourth-order valence-corrected chi connectivity index (χ4v) is 6.30. The third kappa shape index (κ3) is 7.69. The van der Waals surface area contributed by atoms with Crippen molar-refractivity contribution in [2.24, 2.45) is 5.92 Å². The summed E-state index contributed by atoms with van der Waals surface area (Å²) in [5.41, 5.74) is 0. The monoisotopic (exact) mass is 240 g/mol. The molecule has 0 aromatic carbocycles. The summed E-state index contributed by atoms with van der Waals surface area (Å²) < 4.78 is 10.9. The molecule has 80 valence electrons. The molecule has 0 saturated heterocycles. The van der Waals surface area contributed by atoms with E-state index < -0.39 is 18.1 Å². The van der Waals surface area contributed by atoms with E-state index in [-0.39, 0.29) is 0 Å². The first-order valence-electron chi connectivity index (χ1n) is 4.70. The molecule has 0 bridgehead atoms. The van der Waals surface area contributed by atoms with Gasteiger partial charge in [0.2, 0.25) is 0 Å². The highest BCUT2D eigenvalue weighted by atomic mass is 35.5. The van der Waals surface area contributed by atoms with E-state index in [0.29, 0.717) is 5.92 Å². The van der Waals surface area contributed by atoms with Crippen molar-refractivity contribution < 1.29 is 8.85 Å². The second-order valence-electron chi connectivity index (χ2n) is 4.06. The summed E-state index contributed by atoms with van der Waals surface area (Å²) in [4.78, 5) is 0. The van der Waals surface area contributed by atoms with Crippen LogP contribution in [-0.4, -0.2) is 37.3 Å². The van der Waals surface area contributed by atoms with Crippen LogP contribution < -0.4 is 0 Å². The Bertz CT molecular complexity index is 133. The van der Waals surface area contributed by atoms with Gasteiger partial charge in [0, 0.05) is 19.2 Å². The zero-order chi connectivity index (χ0) is 10.3. The Kier molecular flexibility index (Phi) is 7.35. The van der Waals surface area contributed by atoms with E-state index in [2.05, 4.69) is 20.0 Å². The quantitative estimate of drug-likeness (QED) is 0.384. The molecule has 13 heavy (non-hydrogen) atoms. The molecule has 0 N–H and O–H groups in total. The highest BCUT2D eigenvalue weighted by Gasteiger charge is 2.24. The van der Waals surface area contributed by atoms with Crippen LogP contribution in [0.25, 0.3) is 0 Å². The molecule has 0 fully saturated rings. The maximum atomic E-state index is 5.86. The third-order valence-corrected chi connectivity index (χ3v) is 6.26. The van der Waals surface area contributed by atoms with Crippen molar-refractivity contribution in [3.63, 3.8) is 0 Å². The SMILES string of the molecule is CO[SiH2]CO[Si](C)(C)CC(C)CCl. The zero-order valence-corrected chi connectivity index (χ0v) is 12.3. The van der Waals surface area contributed by atoms with Crippen LogP contribution in [0.1, 0.15) is 6.92 Å². The van der Waals surface area contributed by atoms with Crippen LogP contribution in [0.5, 0.6) is 0 Å². The summed E-state index contributed by atoms with van der Waals surface area (Å²) in [6.07, 6.45) is 0.852. The molecule has 0 aromatic rings. The molecular formula is C8H21ClO2Si2. The minimum absolute atomic E-state index is 0.419. The smallest absolute Gasteiger partial charge is 0.186 e. The van der Waals surface area contributed by atoms with Gasteiger partial charge >= 0.3 is 0 Å². The average Bonchev–Trinajstić information content (AvgIpc) is 2.03. The van der Waals surface area contributed by atoms with Gasteiger partial charge in [-0.1, -0.05) is 6.92 Å². The van der Waals surface area contributed by atoms with Crippen molar-refractivity contribution in [2.75, 3.05) is 19.2 Å². The van der Waals surface area contributed by atoms with Crippen LogP contribution in [0.3, 0.4) is 0 Å². The summed E-state index contributed by atoms with van der Waals surface area (Å²) >= 11 is 5.77. The van der Waals surface area contributed by atoms with E-state index in [1.54, 1.807) is 7.11 Å². The number of rotatable bonds is 7. The second-order valence-corrected chi connectivity index (χ2v) is 9.98. The first-order chi connectivity index (χ1) is 6.02. The van der Waals surface area contributed by atoms with Crippen molar-refractivity contribution in [3.05, 3.63) is 0 Å². The van der Waals surface area contributed by atoms with Crippen molar-refractivity contribution in [3.8, 4) is 0 Å². The lowest BCUT2D eigenvalue weighted by Gasteiger charge is -2.25. The largest absolute Gasteiger partial charge is 0.425 e. The van der Waals surface area contributed by atoms with Crippen LogP contribution in [-0.2, 0) is 8.85 Å². The maximum Gasteiger partial charge on any atom is 0.186 e. The number of halogens is 1. The molecule has 0 aliphatic carbocycles. The Balaban J connectivity index is 3.65. The molecular weight excluding hydrogens is 220 g/mol. The Morgan fingerprint density at radius 1 is 1.46 bits per heavy atom. The van der Waals surface area contributed by atoms with Crippen LogP contribution in [0.2, 0.25) is 19.1 Å². The van der Waals surface area contributed by atoms with Gasteiger partial charge in [0.15, 0.2) is 18.1 Å². The Hall–Kier alpha value is 0.644. The Morgan fingerprint density at radius 2 is 2.08 bits per heavy atom. The van der Waals surface area contributed by atoms with E-state index in [9.17, 15) is 0 Å². The van der Waals surface area contributed by atoms with Crippen molar-refractivity contribution in [1.29, 1.82) is 0 Å². The molecule has 0 aromatic heterocycles. The van der Waals surface area contributed by atoms with Gasteiger partial charge in [-0.25, -0.2) is 0 Å². The molecule has 2 nitrogen and oxygen atoms in total. The summed E-state index contributed by atoms with van der Waals surface area (Å²) in [7, 11) is -0.118. The second kappa shape index (κ2) is 7.00. The highest BCUT2D eigenvalue weighted by molar-refractivity contribution is 6.71. The van der Waals surface area contributed by atoms with E-state index in [1.165, 1.54) is 0 Å². The minimum Gasteiger partial charge on any atom is -0.425 e. The topological polar surface area (TPSA) is 18.5 Å². The summed E-state index contributed by atoms with van der Waals surface area (Å²) in [5, 5.41) is 0. The van der Waals surface area contributed by atoms with Crippen molar-refractivity contribution >= 4 is 29.7 Å². The number of hydrogen-bond acceptors (Lipinski definition) is 2. The maximum absolute atomic E-state index is 5.86. The summed E-state index contributed by atoms with van der Waals surface area (Å²) in [5.74, 6) is 1.31. The predicted octanol–water partition coefficient (Wildman–Crippen LogP) is 1.77.